The average molecular weight is 231 g/mol. The van der Waals surface area contributed by atoms with Gasteiger partial charge in [-0.15, -0.1) is 0 Å². The van der Waals surface area contributed by atoms with Crippen LogP contribution in [0.5, 0.6) is 0 Å². The van der Waals surface area contributed by atoms with Crippen molar-refractivity contribution >= 4 is 15.9 Å². The summed E-state index contributed by atoms with van der Waals surface area (Å²) in [5.74, 6) is 0. The highest BCUT2D eigenvalue weighted by molar-refractivity contribution is 9.09. The van der Waals surface area contributed by atoms with Gasteiger partial charge in [-0.3, -0.25) is 4.68 Å². The third-order valence-electron chi connectivity index (χ3n) is 1.70. The van der Waals surface area contributed by atoms with Crippen molar-refractivity contribution in [3.63, 3.8) is 0 Å². The van der Waals surface area contributed by atoms with Gasteiger partial charge in [-0.1, -0.05) is 22.9 Å². The first-order valence-corrected chi connectivity index (χ1v) is 5.18. The minimum atomic E-state index is 0.462. The van der Waals surface area contributed by atoms with Gasteiger partial charge < -0.3 is 0 Å². The van der Waals surface area contributed by atoms with E-state index in [0.29, 0.717) is 10.9 Å². The smallest absolute Gasteiger partial charge is 0.0522 e. The van der Waals surface area contributed by atoms with E-state index >= 15 is 0 Å². The second kappa shape index (κ2) is 4.08. The molecule has 0 saturated carbocycles. The lowest BCUT2D eigenvalue weighted by molar-refractivity contribution is 0.532. The van der Waals surface area contributed by atoms with E-state index in [1.165, 1.54) is 5.56 Å². The Morgan fingerprint density at radius 3 is 2.58 bits per heavy atom. The Morgan fingerprint density at radius 1 is 1.50 bits per heavy atom. The van der Waals surface area contributed by atoms with Crippen LogP contribution in [0.1, 0.15) is 32.4 Å². The first-order chi connectivity index (χ1) is 5.59. The number of alkyl halides is 1. The van der Waals surface area contributed by atoms with Crippen LogP contribution in [0.2, 0.25) is 0 Å². The molecule has 1 aromatic rings. The Labute approximate surface area is 82.1 Å². The molecule has 0 saturated heterocycles. The van der Waals surface area contributed by atoms with E-state index < -0.39 is 0 Å². The molecule has 0 aliphatic carbocycles. The molecule has 2 nitrogen and oxygen atoms in total. The molecule has 1 aromatic heterocycles. The zero-order chi connectivity index (χ0) is 9.14. The van der Waals surface area contributed by atoms with Crippen molar-refractivity contribution in [2.75, 3.05) is 0 Å². The summed E-state index contributed by atoms with van der Waals surface area (Å²) >= 11 is 3.52. The summed E-state index contributed by atoms with van der Waals surface area (Å²) in [5, 5.41) is 4.26. The molecule has 0 spiro atoms. The standard InChI is InChI=1S/C9H15BrN2/c1-7(2)12-6-9(5-11-12)4-8(3)10/h5-8H,4H2,1-3H3. The van der Waals surface area contributed by atoms with Crippen molar-refractivity contribution in [1.82, 2.24) is 9.78 Å². The fourth-order valence-corrected chi connectivity index (χ4v) is 1.46. The molecule has 1 unspecified atom stereocenters. The summed E-state index contributed by atoms with van der Waals surface area (Å²) in [7, 11) is 0. The van der Waals surface area contributed by atoms with Gasteiger partial charge in [0.15, 0.2) is 0 Å². The maximum atomic E-state index is 4.26. The van der Waals surface area contributed by atoms with Gasteiger partial charge in [-0.25, -0.2) is 0 Å². The topological polar surface area (TPSA) is 17.8 Å². The molecule has 1 atom stereocenters. The molecule has 0 N–H and O–H groups in total. The maximum absolute atomic E-state index is 4.26. The highest BCUT2D eigenvalue weighted by Crippen LogP contribution is 2.10. The molecule has 1 rings (SSSR count). The predicted octanol–water partition coefficient (Wildman–Crippen LogP) is 2.79. The van der Waals surface area contributed by atoms with Crippen LogP contribution in [0.3, 0.4) is 0 Å². The number of rotatable bonds is 3. The second-order valence-corrected chi connectivity index (χ2v) is 4.97. The van der Waals surface area contributed by atoms with Crippen molar-refractivity contribution in [2.24, 2.45) is 0 Å². The molecule has 0 bridgehead atoms. The predicted molar refractivity (Wildman–Crippen MR) is 54.7 cm³/mol. The summed E-state index contributed by atoms with van der Waals surface area (Å²) in [6, 6.07) is 0.462. The second-order valence-electron chi connectivity index (χ2n) is 3.41. The summed E-state index contributed by atoms with van der Waals surface area (Å²) in [6.07, 6.45) is 5.10. The number of halogens is 1. The van der Waals surface area contributed by atoms with Crippen LogP contribution in [-0.2, 0) is 6.42 Å². The molecule has 0 radical (unpaired) electrons. The summed E-state index contributed by atoms with van der Waals surface area (Å²) in [4.78, 5) is 0.530. The number of hydrogen-bond donors (Lipinski definition) is 0. The van der Waals surface area contributed by atoms with Gasteiger partial charge in [0, 0.05) is 17.1 Å². The monoisotopic (exact) mass is 230 g/mol. The Balaban J connectivity index is 2.64. The molecule has 12 heavy (non-hydrogen) atoms. The van der Waals surface area contributed by atoms with Crippen molar-refractivity contribution in [3.05, 3.63) is 18.0 Å². The van der Waals surface area contributed by atoms with Gasteiger partial charge in [0.1, 0.15) is 0 Å². The molecule has 0 aliphatic rings. The van der Waals surface area contributed by atoms with Crippen molar-refractivity contribution in [3.8, 4) is 0 Å². The van der Waals surface area contributed by atoms with Crippen LogP contribution in [0.4, 0.5) is 0 Å². The molecular weight excluding hydrogens is 216 g/mol. The van der Waals surface area contributed by atoms with Crippen LogP contribution in [-0.4, -0.2) is 14.6 Å². The molecule has 1 heterocycles. The zero-order valence-corrected chi connectivity index (χ0v) is 9.37. The largest absolute Gasteiger partial charge is 0.270 e. The van der Waals surface area contributed by atoms with Crippen LogP contribution in [0, 0.1) is 0 Å². The van der Waals surface area contributed by atoms with Gasteiger partial charge in [0.25, 0.3) is 0 Å². The van der Waals surface area contributed by atoms with Crippen LogP contribution in [0.25, 0.3) is 0 Å². The quantitative estimate of drug-likeness (QED) is 0.731. The fourth-order valence-electron chi connectivity index (χ4n) is 1.09. The van der Waals surface area contributed by atoms with E-state index in [-0.39, 0.29) is 0 Å². The fraction of sp³-hybridized carbons (Fsp3) is 0.667. The first-order valence-electron chi connectivity index (χ1n) is 4.26. The number of aromatic nitrogens is 2. The SMILES string of the molecule is CC(Br)Cc1cnn(C(C)C)c1. The lowest BCUT2D eigenvalue weighted by Gasteiger charge is -2.03. The van der Waals surface area contributed by atoms with E-state index in [1.807, 2.05) is 10.9 Å². The molecular formula is C9H15BrN2. The van der Waals surface area contributed by atoms with Crippen molar-refractivity contribution in [1.29, 1.82) is 0 Å². The highest BCUT2D eigenvalue weighted by Gasteiger charge is 2.03. The normalized spacial score (nSPS) is 13.8. The van der Waals surface area contributed by atoms with Crippen molar-refractivity contribution in [2.45, 2.75) is 38.1 Å². The molecule has 68 valence electrons. The third kappa shape index (κ3) is 2.63. The Morgan fingerprint density at radius 2 is 2.17 bits per heavy atom. The summed E-state index contributed by atoms with van der Waals surface area (Å²) < 4.78 is 1.99. The van der Waals surface area contributed by atoms with Crippen LogP contribution < -0.4 is 0 Å². The first kappa shape index (κ1) is 9.78. The minimum Gasteiger partial charge on any atom is -0.270 e. The molecule has 0 fully saturated rings. The van der Waals surface area contributed by atoms with Crippen LogP contribution in [0.15, 0.2) is 12.4 Å². The number of hydrogen-bond acceptors (Lipinski definition) is 1. The van der Waals surface area contributed by atoms with Crippen LogP contribution >= 0.6 is 15.9 Å². The van der Waals surface area contributed by atoms with Gasteiger partial charge in [-0.2, -0.15) is 5.10 Å². The Kier molecular flexibility index (Phi) is 3.32. The summed E-state index contributed by atoms with van der Waals surface area (Å²) in [6.45, 7) is 6.41. The minimum absolute atomic E-state index is 0.462. The molecule has 0 amide bonds. The Bertz CT molecular complexity index is 240. The lowest BCUT2D eigenvalue weighted by atomic mass is 10.2. The van der Waals surface area contributed by atoms with Gasteiger partial charge >= 0.3 is 0 Å². The van der Waals surface area contributed by atoms with E-state index in [2.05, 4.69) is 48.0 Å². The lowest BCUT2D eigenvalue weighted by Crippen LogP contribution is -2.00. The van der Waals surface area contributed by atoms with Gasteiger partial charge in [0.2, 0.25) is 0 Å². The van der Waals surface area contributed by atoms with Gasteiger partial charge in [0.05, 0.1) is 6.20 Å². The molecule has 0 aromatic carbocycles. The molecule has 0 aliphatic heterocycles. The van der Waals surface area contributed by atoms with E-state index in [1.54, 1.807) is 0 Å². The third-order valence-corrected chi connectivity index (χ3v) is 2.02. The van der Waals surface area contributed by atoms with E-state index in [0.717, 1.165) is 6.42 Å². The zero-order valence-electron chi connectivity index (χ0n) is 7.79. The molecule has 3 heteroatoms. The number of nitrogens with zero attached hydrogens (tertiary/aromatic N) is 2. The Hall–Kier alpha value is -0.310. The highest BCUT2D eigenvalue weighted by atomic mass is 79.9. The maximum Gasteiger partial charge on any atom is 0.0522 e. The van der Waals surface area contributed by atoms with Crippen molar-refractivity contribution < 1.29 is 0 Å². The summed E-state index contributed by atoms with van der Waals surface area (Å²) in [5.41, 5.74) is 1.30. The van der Waals surface area contributed by atoms with E-state index in [4.69, 9.17) is 0 Å². The van der Waals surface area contributed by atoms with E-state index in [9.17, 15) is 0 Å². The van der Waals surface area contributed by atoms with Gasteiger partial charge in [-0.05, 0) is 25.8 Å². The average Bonchev–Trinajstić information content (AvgIpc) is 2.34.